The van der Waals surface area contributed by atoms with Crippen LogP contribution in [0.15, 0.2) is 77.7 Å². The number of hydrogen-bond donors (Lipinski definition) is 1. The van der Waals surface area contributed by atoms with Gasteiger partial charge in [-0.05, 0) is 73.0 Å². The maximum Gasteiger partial charge on any atom is 0.264 e. The molecule has 0 saturated carbocycles. The topological polar surface area (TPSA) is 96.0 Å². The van der Waals surface area contributed by atoms with Crippen LogP contribution in [-0.4, -0.2) is 40.4 Å². The summed E-state index contributed by atoms with van der Waals surface area (Å²) in [6, 6.07) is 20.9. The molecule has 2 heterocycles. The van der Waals surface area contributed by atoms with Crippen molar-refractivity contribution in [3.63, 3.8) is 0 Å². The summed E-state index contributed by atoms with van der Waals surface area (Å²) in [5.74, 6) is -0.170. The lowest BCUT2D eigenvalue weighted by molar-refractivity contribution is -0.122. The molecule has 5 rings (SSSR count). The average Bonchev–Trinajstić information content (AvgIpc) is 3.30. The summed E-state index contributed by atoms with van der Waals surface area (Å²) in [5.41, 5.74) is 2.84. The van der Waals surface area contributed by atoms with Crippen molar-refractivity contribution < 1.29 is 22.7 Å². The molecule has 2 aliphatic heterocycles. The highest BCUT2D eigenvalue weighted by molar-refractivity contribution is 7.92. The van der Waals surface area contributed by atoms with Gasteiger partial charge in [0.2, 0.25) is 11.8 Å². The number of benzene rings is 3. The maximum absolute atomic E-state index is 13.3. The van der Waals surface area contributed by atoms with E-state index in [4.69, 9.17) is 4.74 Å². The number of carbonyl (C=O) groups is 2. The van der Waals surface area contributed by atoms with Gasteiger partial charge in [0, 0.05) is 30.9 Å². The number of nitrogens with zero attached hydrogens (tertiary/aromatic N) is 2. The van der Waals surface area contributed by atoms with Gasteiger partial charge in [-0.3, -0.25) is 13.9 Å². The Bertz CT molecular complexity index is 1390. The van der Waals surface area contributed by atoms with Crippen LogP contribution in [0.2, 0.25) is 0 Å². The van der Waals surface area contributed by atoms with Crippen LogP contribution in [0.25, 0.3) is 0 Å². The molecule has 36 heavy (non-hydrogen) atoms. The van der Waals surface area contributed by atoms with Gasteiger partial charge in [-0.15, -0.1) is 0 Å². The first-order valence-electron chi connectivity index (χ1n) is 11.8. The molecule has 2 aliphatic rings. The third-order valence-electron chi connectivity index (χ3n) is 6.63. The number of methoxy groups -OCH3 is 1. The van der Waals surface area contributed by atoms with Crippen molar-refractivity contribution in [1.29, 1.82) is 0 Å². The predicted molar refractivity (Wildman–Crippen MR) is 138 cm³/mol. The highest BCUT2D eigenvalue weighted by Gasteiger charge is 2.35. The summed E-state index contributed by atoms with van der Waals surface area (Å²) >= 11 is 0. The molecule has 1 saturated heterocycles. The number of rotatable bonds is 6. The predicted octanol–water partition coefficient (Wildman–Crippen LogP) is 3.83. The van der Waals surface area contributed by atoms with Crippen LogP contribution >= 0.6 is 0 Å². The zero-order valence-electron chi connectivity index (χ0n) is 19.9. The van der Waals surface area contributed by atoms with Gasteiger partial charge < -0.3 is 15.0 Å². The van der Waals surface area contributed by atoms with E-state index < -0.39 is 15.9 Å². The lowest BCUT2D eigenvalue weighted by Gasteiger charge is -2.31. The number of nitrogens with one attached hydrogen (secondary N) is 1. The van der Waals surface area contributed by atoms with E-state index >= 15 is 0 Å². The van der Waals surface area contributed by atoms with Crippen LogP contribution in [0.3, 0.4) is 0 Å². The SMILES string of the molecule is COc1ccc(S(=O)(=O)N2CCCc3cc(NC(=O)C4CC(=O)N(c5ccccc5)C4)ccc32)cc1. The van der Waals surface area contributed by atoms with Gasteiger partial charge in [-0.25, -0.2) is 8.42 Å². The Morgan fingerprint density at radius 3 is 2.50 bits per heavy atom. The Balaban J connectivity index is 1.32. The van der Waals surface area contributed by atoms with Crippen molar-refractivity contribution in [2.75, 3.05) is 34.7 Å². The minimum Gasteiger partial charge on any atom is -0.497 e. The molecule has 8 nitrogen and oxygen atoms in total. The number of fused-ring (bicyclic) bond motifs is 1. The Labute approximate surface area is 210 Å². The monoisotopic (exact) mass is 505 g/mol. The molecule has 0 radical (unpaired) electrons. The number of ether oxygens (including phenoxy) is 1. The smallest absolute Gasteiger partial charge is 0.264 e. The Hall–Kier alpha value is -3.85. The second-order valence-corrected chi connectivity index (χ2v) is 10.8. The lowest BCUT2D eigenvalue weighted by atomic mass is 10.0. The second kappa shape index (κ2) is 9.66. The summed E-state index contributed by atoms with van der Waals surface area (Å²) in [4.78, 5) is 27.3. The van der Waals surface area contributed by atoms with Crippen molar-refractivity contribution in [2.45, 2.75) is 24.2 Å². The summed E-state index contributed by atoms with van der Waals surface area (Å²) in [5, 5.41) is 2.92. The van der Waals surface area contributed by atoms with Crippen LogP contribution in [-0.2, 0) is 26.0 Å². The molecule has 9 heteroatoms. The molecule has 1 N–H and O–H groups in total. The Kier molecular flexibility index (Phi) is 6.40. The first-order valence-corrected chi connectivity index (χ1v) is 13.3. The third kappa shape index (κ3) is 4.54. The summed E-state index contributed by atoms with van der Waals surface area (Å²) < 4.78 is 33.2. The van der Waals surface area contributed by atoms with Gasteiger partial charge in [0.25, 0.3) is 10.0 Å². The maximum atomic E-state index is 13.3. The van der Waals surface area contributed by atoms with Crippen molar-refractivity contribution in [1.82, 2.24) is 0 Å². The fourth-order valence-corrected chi connectivity index (χ4v) is 6.29. The number of hydrogen-bond acceptors (Lipinski definition) is 5. The highest BCUT2D eigenvalue weighted by Crippen LogP contribution is 2.34. The van der Waals surface area contributed by atoms with Crippen molar-refractivity contribution >= 4 is 38.9 Å². The van der Waals surface area contributed by atoms with Crippen LogP contribution in [0, 0.1) is 5.92 Å². The minimum absolute atomic E-state index is 0.0776. The molecule has 3 aromatic rings. The first kappa shape index (κ1) is 23.9. The fourth-order valence-electron chi connectivity index (χ4n) is 4.75. The van der Waals surface area contributed by atoms with E-state index in [1.807, 2.05) is 36.4 Å². The van der Waals surface area contributed by atoms with Crippen LogP contribution in [0.4, 0.5) is 17.1 Å². The van der Waals surface area contributed by atoms with E-state index in [1.54, 1.807) is 41.3 Å². The normalized spacial score (nSPS) is 17.6. The van der Waals surface area contributed by atoms with Gasteiger partial charge in [-0.1, -0.05) is 18.2 Å². The van der Waals surface area contributed by atoms with Gasteiger partial charge in [0.15, 0.2) is 0 Å². The summed E-state index contributed by atoms with van der Waals surface area (Å²) in [7, 11) is -2.21. The zero-order valence-corrected chi connectivity index (χ0v) is 20.7. The molecule has 186 valence electrons. The van der Waals surface area contributed by atoms with Crippen molar-refractivity contribution in [3.8, 4) is 5.75 Å². The van der Waals surface area contributed by atoms with E-state index in [0.29, 0.717) is 43.1 Å². The molecule has 1 atom stereocenters. The zero-order chi connectivity index (χ0) is 25.3. The number of aryl methyl sites for hydroxylation is 1. The molecule has 1 unspecified atom stereocenters. The van der Waals surface area contributed by atoms with Crippen molar-refractivity contribution in [2.24, 2.45) is 5.92 Å². The number of anilines is 3. The molecular formula is C27H27N3O5S. The molecule has 0 spiro atoms. The molecule has 2 amide bonds. The average molecular weight is 506 g/mol. The minimum atomic E-state index is -3.74. The number of carbonyl (C=O) groups excluding carboxylic acids is 2. The van der Waals surface area contributed by atoms with Crippen LogP contribution in [0.5, 0.6) is 5.75 Å². The third-order valence-corrected chi connectivity index (χ3v) is 8.46. The van der Waals surface area contributed by atoms with Crippen LogP contribution < -0.4 is 19.3 Å². The molecule has 3 aromatic carbocycles. The number of amides is 2. The lowest BCUT2D eigenvalue weighted by Crippen LogP contribution is -2.35. The number of para-hydroxylation sites is 1. The van der Waals surface area contributed by atoms with E-state index in [2.05, 4.69) is 5.32 Å². The molecule has 0 aliphatic carbocycles. The largest absolute Gasteiger partial charge is 0.497 e. The Morgan fingerprint density at radius 2 is 1.78 bits per heavy atom. The Morgan fingerprint density at radius 1 is 1.03 bits per heavy atom. The molecule has 0 aromatic heterocycles. The standard InChI is InChI=1S/C27H27N3O5S/c1-35-23-10-12-24(13-11-23)36(33,34)30-15-5-6-19-16-21(9-14-25(19)30)28-27(32)20-17-26(31)29(18-20)22-7-3-2-4-8-22/h2-4,7-14,16,20H,5-6,15,17-18H2,1H3,(H,28,32). The van der Waals surface area contributed by atoms with Gasteiger partial charge in [0.05, 0.1) is 23.6 Å². The number of sulfonamides is 1. The molecule has 0 bridgehead atoms. The van der Waals surface area contributed by atoms with E-state index in [0.717, 1.165) is 11.3 Å². The fraction of sp³-hybridized carbons (Fsp3) is 0.259. The van der Waals surface area contributed by atoms with Gasteiger partial charge in [0.1, 0.15) is 5.75 Å². The molecular weight excluding hydrogens is 478 g/mol. The van der Waals surface area contributed by atoms with Gasteiger partial charge >= 0.3 is 0 Å². The van der Waals surface area contributed by atoms with E-state index in [1.165, 1.54) is 11.4 Å². The summed E-state index contributed by atoms with van der Waals surface area (Å²) in [6.07, 6.45) is 1.53. The highest BCUT2D eigenvalue weighted by atomic mass is 32.2. The second-order valence-electron chi connectivity index (χ2n) is 8.93. The molecule has 1 fully saturated rings. The van der Waals surface area contributed by atoms with Crippen molar-refractivity contribution in [3.05, 3.63) is 78.4 Å². The first-order chi connectivity index (χ1) is 17.4. The summed E-state index contributed by atoms with van der Waals surface area (Å²) in [6.45, 7) is 0.708. The van der Waals surface area contributed by atoms with Crippen LogP contribution in [0.1, 0.15) is 18.4 Å². The quantitative estimate of drug-likeness (QED) is 0.549. The van der Waals surface area contributed by atoms with E-state index in [9.17, 15) is 18.0 Å². The van der Waals surface area contributed by atoms with E-state index in [-0.39, 0.29) is 23.1 Å². The van der Waals surface area contributed by atoms with Gasteiger partial charge in [-0.2, -0.15) is 0 Å².